The first kappa shape index (κ1) is 14.9. The van der Waals surface area contributed by atoms with Gasteiger partial charge in [0.1, 0.15) is 11.8 Å². The molecule has 1 aromatic carbocycles. The molecule has 1 rings (SSSR count). The molecule has 0 saturated heterocycles. The summed E-state index contributed by atoms with van der Waals surface area (Å²) in [7, 11) is 2.99. The van der Waals surface area contributed by atoms with Crippen molar-refractivity contribution in [3.63, 3.8) is 0 Å². The van der Waals surface area contributed by atoms with Crippen molar-refractivity contribution >= 4 is 5.97 Å². The smallest absolute Gasteiger partial charge is 0.322 e. The molecule has 8 heteroatoms. The van der Waals surface area contributed by atoms with Crippen LogP contribution in [0.25, 0.3) is 0 Å². The number of carboxylic acid groups (broad SMARTS) is 1. The Hall–Kier alpha value is -2.19. The minimum atomic E-state index is -1.45. The normalized spacial score (nSPS) is 14.3. The van der Waals surface area contributed by atoms with Gasteiger partial charge in [0, 0.05) is 6.07 Å². The molecule has 1 aromatic rings. The van der Waals surface area contributed by atoms with E-state index < -0.39 is 41.1 Å². The maximum atomic E-state index is 11.0. The third-order valence-electron chi connectivity index (χ3n) is 2.75. The van der Waals surface area contributed by atoms with Crippen molar-refractivity contribution in [1.29, 1.82) is 0 Å². The van der Waals surface area contributed by atoms with Gasteiger partial charge >= 0.3 is 5.97 Å². The van der Waals surface area contributed by atoms with E-state index in [1.807, 2.05) is 0 Å². The van der Waals surface area contributed by atoms with E-state index in [1.54, 1.807) is 0 Å². The number of phenolic OH excluding ortho intramolecular Hbond substituents is 4. The molecule has 0 fully saturated rings. The standard InChI is InChI=1S/C11H16N2O6/c1-13(2)8(7(12)11(18)19)6-4(14)3-5(15)9(16)10(6)17/h3,7-8,14-17H,12H2,1-2H3,(H,18,19). The predicted molar refractivity (Wildman–Crippen MR) is 65.1 cm³/mol. The summed E-state index contributed by atoms with van der Waals surface area (Å²) in [5.74, 6) is -4.29. The molecule has 106 valence electrons. The fraction of sp³-hybridized carbons (Fsp3) is 0.364. The van der Waals surface area contributed by atoms with Crippen molar-refractivity contribution in [2.75, 3.05) is 14.1 Å². The molecular formula is C11H16N2O6. The molecule has 2 unspecified atom stereocenters. The number of hydrogen-bond donors (Lipinski definition) is 6. The zero-order valence-corrected chi connectivity index (χ0v) is 10.4. The first-order valence-electron chi connectivity index (χ1n) is 5.30. The number of phenols is 4. The van der Waals surface area contributed by atoms with Crippen LogP contribution in [0.1, 0.15) is 11.6 Å². The molecule has 0 aromatic heterocycles. The SMILES string of the molecule is CN(C)C(c1c(O)cc(O)c(O)c1O)C(N)C(=O)O. The molecule has 8 nitrogen and oxygen atoms in total. The molecule has 0 saturated carbocycles. The number of carbonyl (C=O) groups is 1. The number of aliphatic carboxylic acids is 1. The quantitative estimate of drug-likeness (QED) is 0.318. The third-order valence-corrected chi connectivity index (χ3v) is 2.75. The van der Waals surface area contributed by atoms with E-state index in [0.29, 0.717) is 0 Å². The molecule has 0 aliphatic carbocycles. The van der Waals surface area contributed by atoms with Crippen LogP contribution in [0.3, 0.4) is 0 Å². The lowest BCUT2D eigenvalue weighted by molar-refractivity contribution is -0.140. The number of nitrogens with zero attached hydrogens (tertiary/aromatic N) is 1. The Labute approximate surface area is 108 Å². The molecule has 0 aliphatic rings. The Morgan fingerprint density at radius 2 is 1.68 bits per heavy atom. The van der Waals surface area contributed by atoms with Crippen LogP contribution in [0.2, 0.25) is 0 Å². The summed E-state index contributed by atoms with van der Waals surface area (Å²) >= 11 is 0. The van der Waals surface area contributed by atoms with Gasteiger partial charge in [0.15, 0.2) is 11.5 Å². The maximum absolute atomic E-state index is 11.0. The monoisotopic (exact) mass is 272 g/mol. The molecule has 0 spiro atoms. The van der Waals surface area contributed by atoms with Crippen molar-refractivity contribution < 1.29 is 30.3 Å². The molecule has 0 radical (unpaired) electrons. The number of carboxylic acids is 1. The summed E-state index contributed by atoms with van der Waals surface area (Å²) in [6, 6.07) is -1.74. The highest BCUT2D eigenvalue weighted by Gasteiger charge is 2.34. The molecule has 0 amide bonds. The third kappa shape index (κ3) is 2.64. The Balaban J connectivity index is 3.48. The van der Waals surface area contributed by atoms with Crippen molar-refractivity contribution in [2.45, 2.75) is 12.1 Å². The second kappa shape index (κ2) is 5.21. The van der Waals surface area contributed by atoms with Crippen LogP contribution in [0.5, 0.6) is 23.0 Å². The number of hydrogen-bond acceptors (Lipinski definition) is 7. The van der Waals surface area contributed by atoms with Crippen molar-refractivity contribution in [3.8, 4) is 23.0 Å². The van der Waals surface area contributed by atoms with E-state index in [2.05, 4.69) is 0 Å². The maximum Gasteiger partial charge on any atom is 0.322 e. The van der Waals surface area contributed by atoms with Gasteiger partial charge in [-0.1, -0.05) is 0 Å². The van der Waals surface area contributed by atoms with Crippen molar-refractivity contribution in [2.24, 2.45) is 5.73 Å². The average molecular weight is 272 g/mol. The molecule has 19 heavy (non-hydrogen) atoms. The van der Waals surface area contributed by atoms with Crippen LogP contribution >= 0.6 is 0 Å². The second-order valence-corrected chi connectivity index (χ2v) is 4.30. The van der Waals surface area contributed by atoms with Crippen LogP contribution in [0.4, 0.5) is 0 Å². The molecule has 2 atom stereocenters. The second-order valence-electron chi connectivity index (χ2n) is 4.30. The van der Waals surface area contributed by atoms with E-state index in [9.17, 15) is 25.2 Å². The van der Waals surface area contributed by atoms with Crippen LogP contribution in [-0.2, 0) is 4.79 Å². The van der Waals surface area contributed by atoms with Crippen LogP contribution in [-0.4, -0.2) is 56.5 Å². The highest BCUT2D eigenvalue weighted by Crippen LogP contribution is 2.46. The van der Waals surface area contributed by atoms with E-state index in [4.69, 9.17) is 10.8 Å². The molecule has 7 N–H and O–H groups in total. The first-order valence-corrected chi connectivity index (χ1v) is 5.30. The van der Waals surface area contributed by atoms with E-state index in [1.165, 1.54) is 19.0 Å². The van der Waals surface area contributed by atoms with Gasteiger partial charge in [0.05, 0.1) is 11.6 Å². The zero-order valence-electron chi connectivity index (χ0n) is 10.4. The van der Waals surface area contributed by atoms with E-state index in [-0.39, 0.29) is 5.56 Å². The lowest BCUT2D eigenvalue weighted by Gasteiger charge is -2.29. The minimum Gasteiger partial charge on any atom is -0.507 e. The Bertz CT molecular complexity index is 502. The molecule has 0 aliphatic heterocycles. The first-order chi connectivity index (χ1) is 8.68. The molecule has 0 bridgehead atoms. The number of benzene rings is 1. The Kier molecular flexibility index (Phi) is 4.07. The zero-order chi connectivity index (χ0) is 14.9. The number of aromatic hydroxyl groups is 4. The van der Waals surface area contributed by atoms with Crippen molar-refractivity contribution in [3.05, 3.63) is 11.6 Å². The topological polar surface area (TPSA) is 147 Å². The van der Waals surface area contributed by atoms with Gasteiger partial charge in [-0.2, -0.15) is 0 Å². The number of rotatable bonds is 4. The highest BCUT2D eigenvalue weighted by atomic mass is 16.4. The van der Waals surface area contributed by atoms with E-state index >= 15 is 0 Å². The van der Waals surface area contributed by atoms with Crippen LogP contribution in [0.15, 0.2) is 6.07 Å². The predicted octanol–water partition coefficient (Wildman–Crippen LogP) is -0.476. The lowest BCUT2D eigenvalue weighted by Crippen LogP contribution is -2.43. The molecule has 0 heterocycles. The summed E-state index contributed by atoms with van der Waals surface area (Å²) in [5, 5.41) is 47.1. The van der Waals surface area contributed by atoms with Gasteiger partial charge in [-0.15, -0.1) is 0 Å². The minimum absolute atomic E-state index is 0.268. The molecular weight excluding hydrogens is 256 g/mol. The summed E-state index contributed by atoms with van der Waals surface area (Å²) in [6.45, 7) is 0. The lowest BCUT2D eigenvalue weighted by atomic mass is 9.96. The largest absolute Gasteiger partial charge is 0.507 e. The summed E-state index contributed by atoms with van der Waals surface area (Å²) in [4.78, 5) is 12.3. The Morgan fingerprint density at radius 3 is 2.11 bits per heavy atom. The van der Waals surface area contributed by atoms with E-state index in [0.717, 1.165) is 6.07 Å². The van der Waals surface area contributed by atoms with Crippen LogP contribution in [0, 0.1) is 0 Å². The van der Waals surface area contributed by atoms with Crippen molar-refractivity contribution in [1.82, 2.24) is 4.90 Å². The summed E-state index contributed by atoms with van der Waals surface area (Å²) in [6.07, 6.45) is 0. The van der Waals surface area contributed by atoms with Gasteiger partial charge < -0.3 is 36.2 Å². The summed E-state index contributed by atoms with van der Waals surface area (Å²) in [5.41, 5.74) is 5.24. The van der Waals surface area contributed by atoms with Gasteiger partial charge in [0.2, 0.25) is 5.75 Å². The van der Waals surface area contributed by atoms with Gasteiger partial charge in [-0.25, -0.2) is 0 Å². The van der Waals surface area contributed by atoms with Crippen LogP contribution < -0.4 is 5.73 Å². The fourth-order valence-corrected chi connectivity index (χ4v) is 1.83. The Morgan fingerprint density at radius 1 is 1.16 bits per heavy atom. The van der Waals surface area contributed by atoms with Gasteiger partial charge in [-0.3, -0.25) is 4.79 Å². The fourth-order valence-electron chi connectivity index (χ4n) is 1.83. The van der Waals surface area contributed by atoms with Gasteiger partial charge in [-0.05, 0) is 14.1 Å². The highest BCUT2D eigenvalue weighted by molar-refractivity contribution is 5.75. The van der Waals surface area contributed by atoms with Gasteiger partial charge in [0.25, 0.3) is 0 Å². The average Bonchev–Trinajstić information content (AvgIpc) is 2.30. The number of likely N-dealkylation sites (N-methyl/N-ethyl adjacent to an activating group) is 1. The number of nitrogens with two attached hydrogens (primary N) is 1. The summed E-state index contributed by atoms with van der Waals surface area (Å²) < 4.78 is 0.